The van der Waals surface area contributed by atoms with Crippen LogP contribution < -0.4 is 10.1 Å². The van der Waals surface area contributed by atoms with Crippen molar-refractivity contribution in [2.45, 2.75) is 18.9 Å². The molecule has 3 aromatic rings. The highest BCUT2D eigenvalue weighted by Gasteiger charge is 2.21. The SMILES string of the molecule is N#Cc1ncc2[nH]c3ncccc3c2c1O[C@H]1CCCNC1. The van der Waals surface area contributed by atoms with Gasteiger partial charge in [0.25, 0.3) is 0 Å². The van der Waals surface area contributed by atoms with Crippen molar-refractivity contribution in [3.8, 4) is 11.8 Å². The molecule has 0 radical (unpaired) electrons. The number of aromatic nitrogens is 3. The number of H-pyrrole nitrogens is 1. The molecule has 2 N–H and O–H groups in total. The van der Waals surface area contributed by atoms with Gasteiger partial charge in [0.15, 0.2) is 11.4 Å². The number of rotatable bonds is 2. The Balaban J connectivity index is 1.91. The van der Waals surface area contributed by atoms with Crippen LogP contribution in [-0.4, -0.2) is 34.1 Å². The molecule has 1 aliphatic rings. The second kappa shape index (κ2) is 5.28. The van der Waals surface area contributed by atoms with Gasteiger partial charge in [-0.15, -0.1) is 0 Å². The van der Waals surface area contributed by atoms with Gasteiger partial charge >= 0.3 is 0 Å². The summed E-state index contributed by atoms with van der Waals surface area (Å²) in [5.74, 6) is 0.563. The summed E-state index contributed by atoms with van der Waals surface area (Å²) in [6, 6.07) is 6.00. The van der Waals surface area contributed by atoms with E-state index in [-0.39, 0.29) is 6.10 Å². The lowest BCUT2D eigenvalue weighted by Crippen LogP contribution is -2.37. The average Bonchev–Trinajstić information content (AvgIpc) is 2.95. The fourth-order valence-electron chi connectivity index (χ4n) is 2.97. The minimum Gasteiger partial charge on any atom is -0.485 e. The van der Waals surface area contributed by atoms with E-state index in [1.54, 1.807) is 12.4 Å². The molecule has 4 rings (SSSR count). The minimum atomic E-state index is 0.0647. The van der Waals surface area contributed by atoms with Crippen LogP contribution in [-0.2, 0) is 0 Å². The molecule has 0 unspecified atom stereocenters. The van der Waals surface area contributed by atoms with Crippen LogP contribution in [0.3, 0.4) is 0 Å². The highest BCUT2D eigenvalue weighted by Crippen LogP contribution is 2.34. The summed E-state index contributed by atoms with van der Waals surface area (Å²) in [5, 5.41) is 14.5. The van der Waals surface area contributed by atoms with Gasteiger partial charge in [-0.3, -0.25) is 0 Å². The van der Waals surface area contributed by atoms with Crippen LogP contribution in [0.2, 0.25) is 0 Å². The van der Waals surface area contributed by atoms with Crippen LogP contribution in [0, 0.1) is 11.3 Å². The van der Waals surface area contributed by atoms with Crippen LogP contribution in [0.4, 0.5) is 0 Å². The zero-order chi connectivity index (χ0) is 14.9. The van der Waals surface area contributed by atoms with Crippen molar-refractivity contribution in [3.63, 3.8) is 0 Å². The number of hydrogen-bond donors (Lipinski definition) is 2. The first-order chi connectivity index (χ1) is 10.9. The van der Waals surface area contributed by atoms with Crippen LogP contribution >= 0.6 is 0 Å². The fourth-order valence-corrected chi connectivity index (χ4v) is 2.97. The summed E-state index contributed by atoms with van der Waals surface area (Å²) >= 11 is 0. The van der Waals surface area contributed by atoms with Crippen LogP contribution in [0.1, 0.15) is 18.5 Å². The van der Waals surface area contributed by atoms with Gasteiger partial charge in [-0.05, 0) is 31.5 Å². The third-order valence-electron chi connectivity index (χ3n) is 4.01. The zero-order valence-corrected chi connectivity index (χ0v) is 12.0. The molecule has 0 bridgehead atoms. The molecule has 0 aromatic carbocycles. The van der Waals surface area contributed by atoms with Gasteiger partial charge in [-0.25, -0.2) is 9.97 Å². The second-order valence-electron chi connectivity index (χ2n) is 5.45. The Kier molecular flexibility index (Phi) is 3.13. The third-order valence-corrected chi connectivity index (χ3v) is 4.01. The van der Waals surface area contributed by atoms with Gasteiger partial charge in [0, 0.05) is 18.1 Å². The molecule has 0 aliphatic carbocycles. The standard InChI is InChI=1S/C16H15N5O/c17-7-12-15(22-10-3-1-5-18-8-10)14-11-4-2-6-19-16(11)21-13(14)9-20-12/h2,4,6,9-10,18H,1,3,5,8H2,(H,19,21)/t10-/m0/s1. The van der Waals surface area contributed by atoms with Gasteiger partial charge < -0.3 is 15.0 Å². The number of fused-ring (bicyclic) bond motifs is 3. The minimum absolute atomic E-state index is 0.0647. The zero-order valence-electron chi connectivity index (χ0n) is 12.0. The van der Waals surface area contributed by atoms with Crippen molar-refractivity contribution in [2.24, 2.45) is 0 Å². The van der Waals surface area contributed by atoms with E-state index >= 15 is 0 Å². The maximum atomic E-state index is 9.38. The molecule has 6 nitrogen and oxygen atoms in total. The Labute approximate surface area is 127 Å². The lowest BCUT2D eigenvalue weighted by Gasteiger charge is -2.24. The van der Waals surface area contributed by atoms with E-state index < -0.39 is 0 Å². The first kappa shape index (κ1) is 13.0. The van der Waals surface area contributed by atoms with Gasteiger partial charge in [-0.1, -0.05) is 0 Å². The van der Waals surface area contributed by atoms with Crippen molar-refractivity contribution in [2.75, 3.05) is 13.1 Å². The molecule has 0 saturated carbocycles. The number of nitriles is 1. The molecule has 22 heavy (non-hydrogen) atoms. The van der Waals surface area contributed by atoms with E-state index in [2.05, 4.69) is 26.3 Å². The maximum absolute atomic E-state index is 9.38. The number of pyridine rings is 2. The van der Waals surface area contributed by atoms with Crippen LogP contribution in [0.25, 0.3) is 21.9 Å². The second-order valence-corrected chi connectivity index (χ2v) is 5.45. The topological polar surface area (TPSA) is 86.6 Å². The molecular weight excluding hydrogens is 278 g/mol. The molecule has 3 aromatic heterocycles. The monoisotopic (exact) mass is 293 g/mol. The molecule has 1 saturated heterocycles. The summed E-state index contributed by atoms with van der Waals surface area (Å²) in [7, 11) is 0. The summed E-state index contributed by atoms with van der Waals surface area (Å²) in [4.78, 5) is 11.8. The summed E-state index contributed by atoms with van der Waals surface area (Å²) < 4.78 is 6.16. The summed E-state index contributed by atoms with van der Waals surface area (Å²) in [6.45, 7) is 1.81. The van der Waals surface area contributed by atoms with E-state index in [0.717, 1.165) is 47.9 Å². The quantitative estimate of drug-likeness (QED) is 0.755. The Morgan fingerprint density at radius 3 is 3.14 bits per heavy atom. The Hall–Kier alpha value is -2.65. The van der Waals surface area contributed by atoms with Gasteiger partial charge in [0.2, 0.25) is 0 Å². The Morgan fingerprint density at radius 2 is 2.32 bits per heavy atom. The first-order valence-electron chi connectivity index (χ1n) is 7.39. The van der Waals surface area contributed by atoms with Gasteiger partial charge in [0.05, 0.1) is 17.1 Å². The lowest BCUT2D eigenvalue weighted by atomic mass is 10.1. The van der Waals surface area contributed by atoms with Gasteiger partial charge in [0.1, 0.15) is 17.8 Å². The highest BCUT2D eigenvalue weighted by molar-refractivity contribution is 6.09. The van der Waals surface area contributed by atoms with Crippen LogP contribution in [0.5, 0.6) is 5.75 Å². The maximum Gasteiger partial charge on any atom is 0.183 e. The summed E-state index contributed by atoms with van der Waals surface area (Å²) in [6.07, 6.45) is 5.53. The van der Waals surface area contributed by atoms with E-state index in [1.807, 2.05) is 12.1 Å². The highest BCUT2D eigenvalue weighted by atomic mass is 16.5. The van der Waals surface area contributed by atoms with Crippen molar-refractivity contribution in [1.82, 2.24) is 20.3 Å². The number of nitrogens with zero attached hydrogens (tertiary/aromatic N) is 3. The van der Waals surface area contributed by atoms with Crippen LogP contribution in [0.15, 0.2) is 24.5 Å². The van der Waals surface area contributed by atoms with Crippen molar-refractivity contribution in [1.29, 1.82) is 5.26 Å². The molecule has 1 fully saturated rings. The number of hydrogen-bond acceptors (Lipinski definition) is 5. The Morgan fingerprint density at radius 1 is 1.36 bits per heavy atom. The molecule has 0 spiro atoms. The van der Waals surface area contributed by atoms with Gasteiger partial charge in [-0.2, -0.15) is 5.26 Å². The predicted molar refractivity (Wildman–Crippen MR) is 82.6 cm³/mol. The molecule has 110 valence electrons. The smallest absolute Gasteiger partial charge is 0.183 e. The predicted octanol–water partition coefficient (Wildman–Crippen LogP) is 2.11. The van der Waals surface area contributed by atoms with E-state index in [4.69, 9.17) is 4.74 Å². The number of nitrogens with one attached hydrogen (secondary N) is 2. The largest absolute Gasteiger partial charge is 0.485 e. The van der Waals surface area contributed by atoms with E-state index in [1.165, 1.54) is 0 Å². The Bertz CT molecular complexity index is 873. The molecule has 6 heteroatoms. The normalized spacial score (nSPS) is 18.4. The lowest BCUT2D eigenvalue weighted by molar-refractivity contribution is 0.168. The molecule has 1 atom stereocenters. The number of aromatic amines is 1. The molecule has 1 aliphatic heterocycles. The van der Waals surface area contributed by atoms with Crippen molar-refractivity contribution >= 4 is 21.9 Å². The van der Waals surface area contributed by atoms with Crippen molar-refractivity contribution < 1.29 is 4.74 Å². The third kappa shape index (κ3) is 2.07. The average molecular weight is 293 g/mol. The number of ether oxygens (including phenoxy) is 1. The molecule has 0 amide bonds. The first-order valence-corrected chi connectivity index (χ1v) is 7.39. The molecule has 4 heterocycles. The fraction of sp³-hybridized carbons (Fsp3) is 0.312. The van der Waals surface area contributed by atoms with E-state index in [0.29, 0.717) is 11.4 Å². The van der Waals surface area contributed by atoms with E-state index in [9.17, 15) is 5.26 Å². The summed E-state index contributed by atoms with van der Waals surface area (Å²) in [5.41, 5.74) is 1.94. The molecular formula is C16H15N5O. The number of piperidine rings is 1. The van der Waals surface area contributed by atoms with Crippen molar-refractivity contribution in [3.05, 3.63) is 30.2 Å².